The number of likely N-dealkylation sites (N-methyl/N-ethyl adjacent to an activating group) is 1. The summed E-state index contributed by atoms with van der Waals surface area (Å²) < 4.78 is 1.24. The van der Waals surface area contributed by atoms with Crippen molar-refractivity contribution in [3.63, 3.8) is 0 Å². The molecule has 0 bridgehead atoms. The normalized spacial score (nSPS) is 18.3. The molecule has 1 aliphatic heterocycles. The molecule has 1 N–H and O–H groups in total. The number of nitrogens with one attached hydrogen (secondary N) is 1. The molecule has 0 aromatic carbocycles. The lowest BCUT2D eigenvalue weighted by molar-refractivity contribution is 0.153. The average molecular weight is 332 g/mol. The third-order valence-electron chi connectivity index (χ3n) is 3.40. The Morgan fingerprint density at radius 1 is 1.33 bits per heavy atom. The van der Waals surface area contributed by atoms with Crippen LogP contribution in [0.25, 0.3) is 0 Å². The van der Waals surface area contributed by atoms with E-state index in [-0.39, 0.29) is 0 Å². The van der Waals surface area contributed by atoms with Crippen LogP contribution in [0.15, 0.2) is 15.9 Å². The van der Waals surface area contributed by atoms with Crippen molar-refractivity contribution in [1.82, 2.24) is 15.1 Å². The van der Waals surface area contributed by atoms with Gasteiger partial charge in [0.2, 0.25) is 0 Å². The van der Waals surface area contributed by atoms with Gasteiger partial charge in [-0.1, -0.05) is 0 Å². The second-order valence-electron chi connectivity index (χ2n) is 4.87. The van der Waals surface area contributed by atoms with Crippen LogP contribution < -0.4 is 5.32 Å². The topological polar surface area (TPSA) is 18.5 Å². The molecule has 0 spiro atoms. The highest BCUT2D eigenvalue weighted by atomic mass is 79.9. The molecule has 5 heteroatoms. The summed E-state index contributed by atoms with van der Waals surface area (Å²) in [5, 5.41) is 5.65. The van der Waals surface area contributed by atoms with E-state index in [0.29, 0.717) is 0 Å². The average Bonchev–Trinajstić information content (AvgIpc) is 2.77. The van der Waals surface area contributed by atoms with Crippen LogP contribution in [-0.4, -0.2) is 56.1 Å². The van der Waals surface area contributed by atoms with E-state index in [2.05, 4.69) is 49.5 Å². The second-order valence-corrected chi connectivity index (χ2v) is 6.72. The van der Waals surface area contributed by atoms with E-state index in [0.717, 1.165) is 13.1 Å². The Morgan fingerprint density at radius 2 is 2.11 bits per heavy atom. The van der Waals surface area contributed by atoms with Crippen LogP contribution in [0.3, 0.4) is 0 Å². The van der Waals surface area contributed by atoms with Crippen LogP contribution >= 0.6 is 27.3 Å². The summed E-state index contributed by atoms with van der Waals surface area (Å²) in [6, 6.07) is 2.12. The molecule has 2 rings (SSSR count). The predicted molar refractivity (Wildman–Crippen MR) is 82.3 cm³/mol. The first-order valence-electron chi connectivity index (χ1n) is 6.59. The molecule has 0 radical (unpaired) electrons. The maximum atomic E-state index is 3.56. The fourth-order valence-electron chi connectivity index (χ4n) is 2.15. The molecule has 0 atom stereocenters. The number of nitrogens with zero attached hydrogens (tertiary/aromatic N) is 2. The van der Waals surface area contributed by atoms with Gasteiger partial charge < -0.3 is 15.1 Å². The Balaban J connectivity index is 1.53. The van der Waals surface area contributed by atoms with Gasteiger partial charge in [0, 0.05) is 42.1 Å². The van der Waals surface area contributed by atoms with Gasteiger partial charge in [0.05, 0.1) is 0 Å². The third kappa shape index (κ3) is 4.63. The standard InChI is InChI=1S/C13H22BrN3S/c1-16-6-8-17(9-7-16)5-2-4-15-11-13-12(14)3-10-18-13/h3,10,15H,2,4-9,11H2,1H3. The molecular weight excluding hydrogens is 310 g/mol. The molecule has 2 heterocycles. The lowest BCUT2D eigenvalue weighted by atomic mass is 10.3. The van der Waals surface area contributed by atoms with Gasteiger partial charge in [0.25, 0.3) is 0 Å². The highest BCUT2D eigenvalue weighted by Crippen LogP contribution is 2.21. The molecule has 0 saturated carbocycles. The Hall–Kier alpha value is 0.0600. The minimum absolute atomic E-state index is 0.987. The number of rotatable bonds is 6. The summed E-state index contributed by atoms with van der Waals surface area (Å²) in [7, 11) is 2.21. The molecule has 1 aromatic heterocycles. The van der Waals surface area contributed by atoms with Crippen LogP contribution in [-0.2, 0) is 6.54 Å². The summed E-state index contributed by atoms with van der Waals surface area (Å²) in [6.07, 6.45) is 1.24. The fourth-order valence-corrected chi connectivity index (χ4v) is 3.61. The zero-order chi connectivity index (χ0) is 12.8. The van der Waals surface area contributed by atoms with Gasteiger partial charge in [0.15, 0.2) is 0 Å². The second kappa shape index (κ2) is 7.60. The van der Waals surface area contributed by atoms with Crippen molar-refractivity contribution < 1.29 is 0 Å². The molecule has 0 amide bonds. The molecule has 0 unspecified atom stereocenters. The Kier molecular flexibility index (Phi) is 6.11. The third-order valence-corrected chi connectivity index (χ3v) is 5.33. The molecule has 1 aliphatic rings. The number of hydrogen-bond donors (Lipinski definition) is 1. The minimum atomic E-state index is 0.987. The lowest BCUT2D eigenvalue weighted by Gasteiger charge is -2.32. The minimum Gasteiger partial charge on any atom is -0.312 e. The number of halogens is 1. The van der Waals surface area contributed by atoms with Gasteiger partial charge in [-0.3, -0.25) is 0 Å². The van der Waals surface area contributed by atoms with Gasteiger partial charge in [-0.25, -0.2) is 0 Å². The first-order chi connectivity index (χ1) is 8.75. The summed E-state index contributed by atoms with van der Waals surface area (Å²) in [5.41, 5.74) is 0. The number of hydrogen-bond acceptors (Lipinski definition) is 4. The largest absolute Gasteiger partial charge is 0.312 e. The Labute approximate surface area is 122 Å². The van der Waals surface area contributed by atoms with Crippen molar-refractivity contribution in [3.05, 3.63) is 20.8 Å². The van der Waals surface area contributed by atoms with Gasteiger partial charge >= 0.3 is 0 Å². The van der Waals surface area contributed by atoms with Crippen LogP contribution in [0.4, 0.5) is 0 Å². The molecule has 1 fully saturated rings. The lowest BCUT2D eigenvalue weighted by Crippen LogP contribution is -2.45. The maximum absolute atomic E-state index is 3.56. The zero-order valence-corrected chi connectivity index (χ0v) is 13.4. The van der Waals surface area contributed by atoms with Crippen molar-refractivity contribution in [3.8, 4) is 0 Å². The summed E-state index contributed by atoms with van der Waals surface area (Å²) in [4.78, 5) is 6.38. The van der Waals surface area contributed by atoms with Crippen LogP contribution in [0.1, 0.15) is 11.3 Å². The first-order valence-corrected chi connectivity index (χ1v) is 8.26. The van der Waals surface area contributed by atoms with Crippen molar-refractivity contribution >= 4 is 27.3 Å². The summed E-state index contributed by atoms with van der Waals surface area (Å²) in [6.45, 7) is 8.22. The maximum Gasteiger partial charge on any atom is 0.0327 e. The Bertz CT molecular complexity index is 348. The SMILES string of the molecule is CN1CCN(CCCNCc2sccc2Br)CC1. The van der Waals surface area contributed by atoms with Crippen LogP contribution in [0.2, 0.25) is 0 Å². The van der Waals surface area contributed by atoms with Crippen molar-refractivity contribution in [2.75, 3.05) is 46.3 Å². The smallest absolute Gasteiger partial charge is 0.0327 e. The van der Waals surface area contributed by atoms with Gasteiger partial charge in [0.1, 0.15) is 0 Å². The Morgan fingerprint density at radius 3 is 2.78 bits per heavy atom. The van der Waals surface area contributed by atoms with Gasteiger partial charge in [-0.2, -0.15) is 0 Å². The monoisotopic (exact) mass is 331 g/mol. The van der Waals surface area contributed by atoms with Gasteiger partial charge in [-0.15, -0.1) is 11.3 Å². The van der Waals surface area contributed by atoms with E-state index in [1.165, 1.54) is 48.5 Å². The fraction of sp³-hybridized carbons (Fsp3) is 0.692. The molecule has 1 saturated heterocycles. The molecule has 102 valence electrons. The molecule has 1 aromatic rings. The molecular formula is C13H22BrN3S. The van der Waals surface area contributed by atoms with Gasteiger partial charge in [-0.05, 0) is 53.9 Å². The number of piperazine rings is 1. The molecule has 18 heavy (non-hydrogen) atoms. The highest BCUT2D eigenvalue weighted by molar-refractivity contribution is 9.10. The van der Waals surface area contributed by atoms with E-state index in [9.17, 15) is 0 Å². The predicted octanol–water partition coefficient (Wildman–Crippen LogP) is 2.24. The quantitative estimate of drug-likeness (QED) is 0.806. The van der Waals surface area contributed by atoms with Crippen LogP contribution in [0.5, 0.6) is 0 Å². The van der Waals surface area contributed by atoms with Crippen molar-refractivity contribution in [1.29, 1.82) is 0 Å². The van der Waals surface area contributed by atoms with Crippen LogP contribution in [0, 0.1) is 0 Å². The summed E-state index contributed by atoms with van der Waals surface area (Å²) in [5.74, 6) is 0. The van der Waals surface area contributed by atoms with Crippen molar-refractivity contribution in [2.45, 2.75) is 13.0 Å². The summed E-state index contributed by atoms with van der Waals surface area (Å²) >= 11 is 5.37. The van der Waals surface area contributed by atoms with E-state index in [1.54, 1.807) is 0 Å². The first kappa shape index (κ1) is 14.5. The molecule has 3 nitrogen and oxygen atoms in total. The zero-order valence-electron chi connectivity index (χ0n) is 11.0. The van der Waals surface area contributed by atoms with E-state index in [1.807, 2.05) is 11.3 Å². The van der Waals surface area contributed by atoms with E-state index < -0.39 is 0 Å². The van der Waals surface area contributed by atoms with E-state index in [4.69, 9.17) is 0 Å². The van der Waals surface area contributed by atoms with Crippen molar-refractivity contribution in [2.24, 2.45) is 0 Å². The highest BCUT2D eigenvalue weighted by Gasteiger charge is 2.12. The van der Waals surface area contributed by atoms with E-state index >= 15 is 0 Å². The molecule has 0 aliphatic carbocycles. The number of thiophene rings is 1.